The summed E-state index contributed by atoms with van der Waals surface area (Å²) < 4.78 is 0. The molecule has 0 aliphatic carbocycles. The SMILES string of the molecule is CCCN.NNc1ccccc1. The fourth-order valence-electron chi connectivity index (χ4n) is 0.534. The van der Waals surface area contributed by atoms with Crippen LogP contribution in [0.25, 0.3) is 0 Å². The molecule has 68 valence electrons. The summed E-state index contributed by atoms with van der Waals surface area (Å²) in [5.41, 5.74) is 8.49. The minimum Gasteiger partial charge on any atom is -0.330 e. The highest BCUT2D eigenvalue weighted by molar-refractivity contribution is 5.40. The summed E-state index contributed by atoms with van der Waals surface area (Å²) in [5.74, 6) is 5.10. The largest absolute Gasteiger partial charge is 0.330 e. The molecule has 0 amide bonds. The second-order valence-corrected chi connectivity index (χ2v) is 2.30. The van der Waals surface area contributed by atoms with Crippen LogP contribution in [0.4, 0.5) is 5.69 Å². The van der Waals surface area contributed by atoms with Crippen molar-refractivity contribution in [3.05, 3.63) is 30.3 Å². The summed E-state index contributed by atoms with van der Waals surface area (Å²) in [4.78, 5) is 0. The maximum atomic E-state index is 5.10. The van der Waals surface area contributed by atoms with Crippen molar-refractivity contribution >= 4 is 5.69 Å². The van der Waals surface area contributed by atoms with Crippen molar-refractivity contribution in [3.8, 4) is 0 Å². The maximum Gasteiger partial charge on any atom is 0.0485 e. The number of nitrogens with one attached hydrogen (secondary N) is 1. The van der Waals surface area contributed by atoms with Gasteiger partial charge in [-0.15, -0.1) is 0 Å². The van der Waals surface area contributed by atoms with E-state index in [4.69, 9.17) is 11.6 Å². The van der Waals surface area contributed by atoms with Gasteiger partial charge in [-0.1, -0.05) is 25.1 Å². The van der Waals surface area contributed by atoms with E-state index >= 15 is 0 Å². The zero-order valence-electron chi connectivity index (χ0n) is 7.46. The van der Waals surface area contributed by atoms with Crippen molar-refractivity contribution in [2.75, 3.05) is 12.0 Å². The lowest BCUT2D eigenvalue weighted by atomic mass is 10.3. The van der Waals surface area contributed by atoms with Gasteiger partial charge in [0.2, 0.25) is 0 Å². The van der Waals surface area contributed by atoms with Crippen LogP contribution < -0.4 is 17.0 Å². The molecule has 0 aromatic heterocycles. The average molecular weight is 167 g/mol. The second kappa shape index (κ2) is 8.04. The first-order valence-corrected chi connectivity index (χ1v) is 4.06. The van der Waals surface area contributed by atoms with Gasteiger partial charge in [-0.05, 0) is 25.1 Å². The Hall–Kier alpha value is -1.06. The number of nitrogens with two attached hydrogens (primary N) is 2. The topological polar surface area (TPSA) is 64.1 Å². The van der Waals surface area contributed by atoms with Crippen molar-refractivity contribution in [2.45, 2.75) is 13.3 Å². The van der Waals surface area contributed by atoms with Gasteiger partial charge in [0.05, 0.1) is 0 Å². The van der Waals surface area contributed by atoms with E-state index in [2.05, 4.69) is 12.3 Å². The Morgan fingerprint density at radius 1 is 1.25 bits per heavy atom. The standard InChI is InChI=1S/C6H8N2.C3H9N/c7-8-6-4-2-1-3-5-6;1-2-3-4/h1-5,8H,7H2;2-4H2,1H3. The van der Waals surface area contributed by atoms with E-state index in [9.17, 15) is 0 Å². The molecule has 0 bridgehead atoms. The minimum atomic E-state index is 0.819. The van der Waals surface area contributed by atoms with Crippen LogP contribution in [-0.2, 0) is 0 Å². The van der Waals surface area contributed by atoms with Crippen LogP contribution in [0, 0.1) is 0 Å². The summed E-state index contributed by atoms with van der Waals surface area (Å²) in [6.07, 6.45) is 1.10. The molecule has 0 aliphatic heterocycles. The Kier molecular flexibility index (Phi) is 7.33. The molecule has 1 rings (SSSR count). The van der Waals surface area contributed by atoms with Gasteiger partial charge in [0, 0.05) is 5.69 Å². The van der Waals surface area contributed by atoms with E-state index in [1.54, 1.807) is 0 Å². The molecule has 0 atom stereocenters. The Bertz CT molecular complexity index is 172. The second-order valence-electron chi connectivity index (χ2n) is 2.30. The first-order chi connectivity index (χ1) is 5.85. The predicted octanol–water partition coefficient (Wildman–Crippen LogP) is 1.33. The molecule has 0 saturated heterocycles. The zero-order valence-corrected chi connectivity index (χ0v) is 7.46. The number of benzene rings is 1. The van der Waals surface area contributed by atoms with Gasteiger partial charge in [-0.25, -0.2) is 0 Å². The number of hydrazine groups is 1. The lowest BCUT2D eigenvalue weighted by Crippen LogP contribution is -2.05. The fraction of sp³-hybridized carbons (Fsp3) is 0.333. The molecule has 0 fully saturated rings. The van der Waals surface area contributed by atoms with E-state index in [0.717, 1.165) is 18.7 Å². The van der Waals surface area contributed by atoms with Crippen molar-refractivity contribution in [1.82, 2.24) is 0 Å². The highest BCUT2D eigenvalue weighted by Gasteiger charge is 1.78. The van der Waals surface area contributed by atoms with Crippen LogP contribution in [0.3, 0.4) is 0 Å². The lowest BCUT2D eigenvalue weighted by molar-refractivity contribution is 0.932. The average Bonchev–Trinajstić information content (AvgIpc) is 2.19. The van der Waals surface area contributed by atoms with Gasteiger partial charge in [-0.3, -0.25) is 5.84 Å². The van der Waals surface area contributed by atoms with Gasteiger partial charge in [-0.2, -0.15) is 0 Å². The molecular formula is C9H17N3. The Morgan fingerprint density at radius 3 is 2.00 bits per heavy atom. The minimum absolute atomic E-state index is 0.819. The predicted molar refractivity (Wildman–Crippen MR) is 53.6 cm³/mol. The molecule has 3 heteroatoms. The number of para-hydroxylation sites is 1. The summed E-state index contributed by atoms with van der Waals surface area (Å²) in [6.45, 7) is 2.88. The van der Waals surface area contributed by atoms with Crippen LogP contribution in [-0.4, -0.2) is 6.54 Å². The Balaban J connectivity index is 0.000000261. The Labute approximate surface area is 73.7 Å². The highest BCUT2D eigenvalue weighted by atomic mass is 15.2. The van der Waals surface area contributed by atoms with Crippen molar-refractivity contribution in [3.63, 3.8) is 0 Å². The highest BCUT2D eigenvalue weighted by Crippen LogP contribution is 2.00. The smallest absolute Gasteiger partial charge is 0.0485 e. The van der Waals surface area contributed by atoms with Gasteiger partial charge >= 0.3 is 0 Å². The number of hydrogen-bond acceptors (Lipinski definition) is 3. The maximum absolute atomic E-state index is 5.10. The monoisotopic (exact) mass is 167 g/mol. The molecule has 0 saturated carbocycles. The van der Waals surface area contributed by atoms with Gasteiger partial charge in [0.1, 0.15) is 0 Å². The third-order valence-electron chi connectivity index (χ3n) is 1.23. The third kappa shape index (κ3) is 5.70. The van der Waals surface area contributed by atoms with Crippen molar-refractivity contribution < 1.29 is 0 Å². The molecule has 1 aromatic rings. The third-order valence-corrected chi connectivity index (χ3v) is 1.23. The first-order valence-electron chi connectivity index (χ1n) is 4.06. The van der Waals surface area contributed by atoms with Crippen LogP contribution in [0.15, 0.2) is 30.3 Å². The van der Waals surface area contributed by atoms with Gasteiger partial charge < -0.3 is 11.2 Å². The van der Waals surface area contributed by atoms with Crippen molar-refractivity contribution in [2.24, 2.45) is 11.6 Å². The number of anilines is 1. The fourth-order valence-corrected chi connectivity index (χ4v) is 0.534. The number of hydrogen-bond donors (Lipinski definition) is 3. The molecular weight excluding hydrogens is 150 g/mol. The van der Waals surface area contributed by atoms with E-state index in [0.29, 0.717) is 0 Å². The van der Waals surface area contributed by atoms with E-state index in [1.807, 2.05) is 30.3 Å². The quantitative estimate of drug-likeness (QED) is 0.460. The number of nitrogen functional groups attached to an aromatic ring is 1. The molecule has 12 heavy (non-hydrogen) atoms. The van der Waals surface area contributed by atoms with Crippen LogP contribution in [0.2, 0.25) is 0 Å². The van der Waals surface area contributed by atoms with E-state index in [-0.39, 0.29) is 0 Å². The number of rotatable bonds is 2. The molecule has 1 aromatic carbocycles. The molecule has 0 radical (unpaired) electrons. The van der Waals surface area contributed by atoms with Crippen LogP contribution in [0.5, 0.6) is 0 Å². The van der Waals surface area contributed by atoms with Crippen molar-refractivity contribution in [1.29, 1.82) is 0 Å². The van der Waals surface area contributed by atoms with E-state index < -0.39 is 0 Å². The van der Waals surface area contributed by atoms with Gasteiger partial charge in [0.15, 0.2) is 0 Å². The summed E-state index contributed by atoms with van der Waals surface area (Å²) in [7, 11) is 0. The summed E-state index contributed by atoms with van der Waals surface area (Å²) in [6, 6.07) is 9.60. The molecule has 0 spiro atoms. The van der Waals surface area contributed by atoms with Gasteiger partial charge in [0.25, 0.3) is 0 Å². The van der Waals surface area contributed by atoms with Crippen LogP contribution in [0.1, 0.15) is 13.3 Å². The van der Waals surface area contributed by atoms with Crippen LogP contribution >= 0.6 is 0 Å². The molecule has 3 nitrogen and oxygen atoms in total. The lowest BCUT2D eigenvalue weighted by Gasteiger charge is -1.94. The molecule has 0 heterocycles. The first kappa shape index (κ1) is 10.9. The normalized spacial score (nSPS) is 8.25. The Morgan fingerprint density at radius 2 is 1.75 bits per heavy atom. The van der Waals surface area contributed by atoms with E-state index in [1.165, 1.54) is 0 Å². The summed E-state index contributed by atoms with van der Waals surface area (Å²) >= 11 is 0. The molecule has 0 aliphatic rings. The molecule has 0 unspecified atom stereocenters. The molecule has 5 N–H and O–H groups in total. The zero-order chi connectivity index (χ0) is 9.23. The summed E-state index contributed by atoms with van der Waals surface area (Å²) in [5, 5.41) is 0.